The molecule has 13 heavy (non-hydrogen) atoms. The van der Waals surface area contributed by atoms with Gasteiger partial charge in [-0.3, -0.25) is 9.59 Å². The smallest absolute Gasteiger partial charge is 0.318 e. The summed E-state index contributed by atoms with van der Waals surface area (Å²) in [5.74, 6) is -1.06. The molecule has 0 aliphatic carbocycles. The molecule has 1 saturated heterocycles. The van der Waals surface area contributed by atoms with Gasteiger partial charge in [0.2, 0.25) is 5.91 Å². The van der Waals surface area contributed by atoms with Gasteiger partial charge in [-0.25, -0.2) is 0 Å². The quantitative estimate of drug-likeness (QED) is 0.509. The highest BCUT2D eigenvalue weighted by Gasteiger charge is 2.40. The molecule has 1 rings (SSSR count). The lowest BCUT2D eigenvalue weighted by atomic mass is 9.91. The summed E-state index contributed by atoms with van der Waals surface area (Å²) in [5.41, 5.74) is 0. The highest BCUT2D eigenvalue weighted by molar-refractivity contribution is 5.99. The second-order valence-corrected chi connectivity index (χ2v) is 3.29. The molecular weight excluding hydrogens is 170 g/mol. The normalized spacial score (nSPS) is 27.1. The van der Waals surface area contributed by atoms with Gasteiger partial charge in [-0.2, -0.15) is 0 Å². The topological polar surface area (TPSA) is 55.4 Å². The molecule has 0 radical (unpaired) electrons. The van der Waals surface area contributed by atoms with E-state index in [2.05, 4.69) is 10.1 Å². The molecule has 4 heteroatoms. The van der Waals surface area contributed by atoms with Gasteiger partial charge >= 0.3 is 5.97 Å². The Labute approximate surface area is 77.6 Å². The minimum absolute atomic E-state index is 0.116. The maximum atomic E-state index is 11.2. The maximum absolute atomic E-state index is 11.2. The third kappa shape index (κ3) is 1.99. The van der Waals surface area contributed by atoms with Gasteiger partial charge in [-0.05, 0) is 12.3 Å². The molecule has 1 fully saturated rings. The number of carbonyl (C=O) groups excluding carboxylic acids is 2. The molecule has 2 unspecified atom stereocenters. The van der Waals surface area contributed by atoms with Crippen molar-refractivity contribution in [3.63, 3.8) is 0 Å². The van der Waals surface area contributed by atoms with Gasteiger partial charge < -0.3 is 10.1 Å². The molecule has 0 aromatic rings. The molecule has 2 atom stereocenters. The fraction of sp³-hybridized carbons (Fsp3) is 0.778. The third-order valence-electron chi connectivity index (χ3n) is 2.41. The van der Waals surface area contributed by atoms with Crippen LogP contribution in [-0.2, 0) is 14.3 Å². The van der Waals surface area contributed by atoms with Crippen molar-refractivity contribution >= 4 is 11.9 Å². The summed E-state index contributed by atoms with van der Waals surface area (Å²) in [6, 6.07) is 0. The molecule has 1 aliphatic rings. The van der Waals surface area contributed by atoms with Crippen LogP contribution < -0.4 is 5.32 Å². The molecule has 0 aromatic heterocycles. The monoisotopic (exact) mass is 185 g/mol. The molecule has 1 N–H and O–H groups in total. The largest absolute Gasteiger partial charge is 0.468 e. The number of methoxy groups -OCH3 is 1. The summed E-state index contributed by atoms with van der Waals surface area (Å²) in [4.78, 5) is 22.5. The Balaban J connectivity index is 2.65. The molecular formula is C9H15NO3. The molecule has 4 nitrogen and oxygen atoms in total. The summed E-state index contributed by atoms with van der Waals surface area (Å²) >= 11 is 0. The highest BCUT2D eigenvalue weighted by Crippen LogP contribution is 2.23. The Hall–Kier alpha value is -1.06. The van der Waals surface area contributed by atoms with Crippen LogP contribution in [0.25, 0.3) is 0 Å². The third-order valence-corrected chi connectivity index (χ3v) is 2.41. The van der Waals surface area contributed by atoms with Crippen LogP contribution in [-0.4, -0.2) is 25.5 Å². The maximum Gasteiger partial charge on any atom is 0.318 e. The average molecular weight is 185 g/mol. The number of hydrogen-bond donors (Lipinski definition) is 1. The van der Waals surface area contributed by atoms with Crippen LogP contribution in [0.15, 0.2) is 0 Å². The lowest BCUT2D eigenvalue weighted by Gasteiger charge is -2.12. The van der Waals surface area contributed by atoms with Crippen LogP contribution >= 0.6 is 0 Å². The highest BCUT2D eigenvalue weighted by atomic mass is 16.5. The van der Waals surface area contributed by atoms with E-state index in [1.165, 1.54) is 7.11 Å². The van der Waals surface area contributed by atoms with Crippen LogP contribution in [0, 0.1) is 11.8 Å². The van der Waals surface area contributed by atoms with Crippen LogP contribution in [0.1, 0.15) is 19.8 Å². The van der Waals surface area contributed by atoms with Gasteiger partial charge in [-0.1, -0.05) is 13.3 Å². The molecule has 0 aromatic carbocycles. The van der Waals surface area contributed by atoms with E-state index in [9.17, 15) is 9.59 Å². The van der Waals surface area contributed by atoms with Gasteiger partial charge in [0.25, 0.3) is 0 Å². The summed E-state index contributed by atoms with van der Waals surface area (Å²) in [6.45, 7) is 2.64. The molecule has 1 amide bonds. The molecule has 0 bridgehead atoms. The molecule has 0 spiro atoms. The number of esters is 1. The molecule has 0 saturated carbocycles. The average Bonchev–Trinajstić information content (AvgIpc) is 2.47. The summed E-state index contributed by atoms with van der Waals surface area (Å²) < 4.78 is 4.58. The Morgan fingerprint density at radius 2 is 2.38 bits per heavy atom. The van der Waals surface area contributed by atoms with Gasteiger partial charge in [0.1, 0.15) is 5.92 Å². The lowest BCUT2D eigenvalue weighted by molar-refractivity contribution is -0.150. The van der Waals surface area contributed by atoms with E-state index in [1.807, 2.05) is 6.92 Å². The summed E-state index contributed by atoms with van der Waals surface area (Å²) in [5, 5.41) is 2.68. The number of ether oxygens (including phenoxy) is 1. The van der Waals surface area contributed by atoms with Crippen molar-refractivity contribution in [3.8, 4) is 0 Å². The van der Waals surface area contributed by atoms with Crippen molar-refractivity contribution in [1.29, 1.82) is 0 Å². The predicted octanol–water partition coefficient (Wildman–Crippen LogP) is 0.322. The zero-order valence-electron chi connectivity index (χ0n) is 8.00. The first-order valence-corrected chi connectivity index (χ1v) is 4.56. The van der Waals surface area contributed by atoms with E-state index in [0.29, 0.717) is 6.54 Å². The van der Waals surface area contributed by atoms with E-state index >= 15 is 0 Å². The summed E-state index contributed by atoms with van der Waals surface area (Å²) in [6.07, 6.45) is 1.87. The van der Waals surface area contributed by atoms with E-state index in [0.717, 1.165) is 12.8 Å². The number of carbonyl (C=O) groups is 2. The fourth-order valence-electron chi connectivity index (χ4n) is 1.74. The Kier molecular flexibility index (Phi) is 3.28. The van der Waals surface area contributed by atoms with Crippen molar-refractivity contribution in [2.24, 2.45) is 11.8 Å². The summed E-state index contributed by atoms with van der Waals surface area (Å²) in [7, 11) is 1.32. The van der Waals surface area contributed by atoms with Crippen LogP contribution in [0.2, 0.25) is 0 Å². The molecule has 1 aliphatic heterocycles. The lowest BCUT2D eigenvalue weighted by Crippen LogP contribution is -2.28. The van der Waals surface area contributed by atoms with Crippen molar-refractivity contribution in [1.82, 2.24) is 5.32 Å². The first-order chi connectivity index (χ1) is 6.20. The Bertz CT molecular complexity index is 215. The van der Waals surface area contributed by atoms with Gasteiger partial charge in [-0.15, -0.1) is 0 Å². The van der Waals surface area contributed by atoms with E-state index < -0.39 is 11.9 Å². The first-order valence-electron chi connectivity index (χ1n) is 4.56. The minimum atomic E-state index is -0.579. The second-order valence-electron chi connectivity index (χ2n) is 3.29. The van der Waals surface area contributed by atoms with Crippen LogP contribution in [0.3, 0.4) is 0 Å². The van der Waals surface area contributed by atoms with Crippen molar-refractivity contribution < 1.29 is 14.3 Å². The van der Waals surface area contributed by atoms with Crippen molar-refractivity contribution in [3.05, 3.63) is 0 Å². The Morgan fingerprint density at radius 1 is 1.69 bits per heavy atom. The number of nitrogens with one attached hydrogen (secondary N) is 1. The van der Waals surface area contributed by atoms with E-state index in [1.54, 1.807) is 0 Å². The van der Waals surface area contributed by atoms with Gasteiger partial charge in [0, 0.05) is 6.54 Å². The number of rotatable bonds is 3. The van der Waals surface area contributed by atoms with Gasteiger partial charge in [0.15, 0.2) is 0 Å². The first kappa shape index (κ1) is 10.0. The standard InChI is InChI=1S/C9H15NO3/c1-3-4-6-5-10-8(11)7(6)9(12)13-2/h6-7H,3-5H2,1-2H3,(H,10,11). The number of hydrogen-bond acceptors (Lipinski definition) is 3. The SMILES string of the molecule is CCCC1CNC(=O)C1C(=O)OC. The fourth-order valence-corrected chi connectivity index (χ4v) is 1.74. The molecule has 74 valence electrons. The number of amides is 1. The predicted molar refractivity (Wildman–Crippen MR) is 46.9 cm³/mol. The van der Waals surface area contributed by atoms with Crippen molar-refractivity contribution in [2.75, 3.05) is 13.7 Å². The minimum Gasteiger partial charge on any atom is -0.468 e. The second kappa shape index (κ2) is 4.25. The van der Waals surface area contributed by atoms with E-state index in [-0.39, 0.29) is 11.8 Å². The van der Waals surface area contributed by atoms with Crippen LogP contribution in [0.5, 0.6) is 0 Å². The zero-order valence-corrected chi connectivity index (χ0v) is 8.00. The Morgan fingerprint density at radius 3 is 2.92 bits per heavy atom. The van der Waals surface area contributed by atoms with Crippen LogP contribution in [0.4, 0.5) is 0 Å². The zero-order chi connectivity index (χ0) is 9.84. The van der Waals surface area contributed by atoms with Gasteiger partial charge in [0.05, 0.1) is 7.11 Å². The van der Waals surface area contributed by atoms with E-state index in [4.69, 9.17) is 0 Å². The van der Waals surface area contributed by atoms with Crippen molar-refractivity contribution in [2.45, 2.75) is 19.8 Å². The molecule has 1 heterocycles.